The second-order valence-electron chi connectivity index (χ2n) is 3.80. The van der Waals surface area contributed by atoms with E-state index in [0.29, 0.717) is 17.6 Å². The first-order valence-electron chi connectivity index (χ1n) is 5.59. The van der Waals surface area contributed by atoms with Crippen molar-refractivity contribution in [2.75, 3.05) is 18.0 Å². The smallest absolute Gasteiger partial charge is 0.298 e. The minimum atomic E-state index is -2.39. The van der Waals surface area contributed by atoms with Crippen molar-refractivity contribution in [3.63, 3.8) is 0 Å². The summed E-state index contributed by atoms with van der Waals surface area (Å²) >= 11 is 0. The molecule has 0 fully saturated rings. The van der Waals surface area contributed by atoms with E-state index in [1.54, 1.807) is 12.1 Å². The van der Waals surface area contributed by atoms with Crippen LogP contribution in [0.4, 0.5) is 14.8 Å². The number of hydrogen-bond acceptors (Lipinski definition) is 3. The second-order valence-corrected chi connectivity index (χ2v) is 3.80. The van der Waals surface area contributed by atoms with Crippen LogP contribution in [0.3, 0.4) is 0 Å². The van der Waals surface area contributed by atoms with E-state index in [4.69, 9.17) is 4.42 Å². The topological polar surface area (TPSA) is 29.3 Å². The molecule has 92 valence electrons. The van der Waals surface area contributed by atoms with Crippen LogP contribution in [0.25, 0.3) is 11.1 Å². The highest BCUT2D eigenvalue weighted by Crippen LogP contribution is 2.22. The summed E-state index contributed by atoms with van der Waals surface area (Å²) < 4.78 is 30.3. The molecule has 0 saturated heterocycles. The van der Waals surface area contributed by atoms with Gasteiger partial charge >= 0.3 is 0 Å². The van der Waals surface area contributed by atoms with Crippen LogP contribution in [-0.4, -0.2) is 24.5 Å². The van der Waals surface area contributed by atoms with E-state index in [0.717, 1.165) is 6.42 Å². The second kappa shape index (κ2) is 5.12. The van der Waals surface area contributed by atoms with Crippen molar-refractivity contribution >= 4 is 17.1 Å². The van der Waals surface area contributed by atoms with Crippen LogP contribution in [0.5, 0.6) is 0 Å². The summed E-state index contributed by atoms with van der Waals surface area (Å²) in [5.74, 6) is 0. The fraction of sp³-hybridized carbons (Fsp3) is 0.417. The maximum atomic E-state index is 12.4. The molecular weight excluding hydrogens is 226 g/mol. The number of halogens is 2. The SMILES string of the molecule is CCCN(CC(F)F)c1nc2ccccc2o1. The van der Waals surface area contributed by atoms with Gasteiger partial charge in [0.2, 0.25) is 0 Å². The summed E-state index contributed by atoms with van der Waals surface area (Å²) in [5.41, 5.74) is 1.32. The van der Waals surface area contributed by atoms with Crippen LogP contribution in [0.1, 0.15) is 13.3 Å². The minimum absolute atomic E-state index is 0.272. The average Bonchev–Trinajstić information content (AvgIpc) is 2.71. The van der Waals surface area contributed by atoms with Crippen LogP contribution in [0, 0.1) is 0 Å². The Morgan fingerprint density at radius 3 is 2.76 bits per heavy atom. The predicted octanol–water partition coefficient (Wildman–Crippen LogP) is 3.31. The Hall–Kier alpha value is -1.65. The monoisotopic (exact) mass is 240 g/mol. The number of anilines is 1. The Bertz CT molecular complexity index is 451. The number of rotatable bonds is 5. The zero-order valence-electron chi connectivity index (χ0n) is 9.57. The van der Waals surface area contributed by atoms with Crippen molar-refractivity contribution in [1.29, 1.82) is 0 Å². The number of benzene rings is 1. The molecule has 0 aliphatic heterocycles. The van der Waals surface area contributed by atoms with E-state index >= 15 is 0 Å². The summed E-state index contributed by atoms with van der Waals surface area (Å²) in [6.45, 7) is 2.10. The lowest BCUT2D eigenvalue weighted by molar-refractivity contribution is 0.153. The lowest BCUT2D eigenvalue weighted by Crippen LogP contribution is -2.29. The lowest BCUT2D eigenvalue weighted by atomic mass is 10.3. The molecule has 0 N–H and O–H groups in total. The van der Waals surface area contributed by atoms with Gasteiger partial charge in [-0.15, -0.1) is 0 Å². The molecule has 0 aliphatic rings. The first kappa shape index (κ1) is 11.8. The molecule has 5 heteroatoms. The molecule has 0 amide bonds. The van der Waals surface area contributed by atoms with Gasteiger partial charge < -0.3 is 9.32 Å². The summed E-state index contributed by atoms with van der Waals surface area (Å²) in [5, 5.41) is 0. The van der Waals surface area contributed by atoms with Gasteiger partial charge in [-0.3, -0.25) is 0 Å². The van der Waals surface area contributed by atoms with E-state index in [9.17, 15) is 8.78 Å². The number of fused-ring (bicyclic) bond motifs is 1. The number of aromatic nitrogens is 1. The van der Waals surface area contributed by atoms with Gasteiger partial charge in [0.05, 0.1) is 6.54 Å². The molecular formula is C12H14F2N2O. The summed E-state index contributed by atoms with van der Waals surface area (Å²) in [4.78, 5) is 5.69. The quantitative estimate of drug-likeness (QED) is 0.802. The van der Waals surface area contributed by atoms with Crippen molar-refractivity contribution in [1.82, 2.24) is 4.98 Å². The highest BCUT2D eigenvalue weighted by atomic mass is 19.3. The fourth-order valence-electron chi connectivity index (χ4n) is 1.70. The van der Waals surface area contributed by atoms with Crippen LogP contribution in [0.15, 0.2) is 28.7 Å². The molecule has 0 radical (unpaired) electrons. The van der Waals surface area contributed by atoms with Gasteiger partial charge in [-0.2, -0.15) is 4.98 Å². The van der Waals surface area contributed by atoms with E-state index in [1.807, 2.05) is 19.1 Å². The van der Waals surface area contributed by atoms with Crippen molar-refractivity contribution in [3.8, 4) is 0 Å². The normalized spacial score (nSPS) is 11.3. The minimum Gasteiger partial charge on any atom is -0.423 e. The maximum absolute atomic E-state index is 12.4. The van der Waals surface area contributed by atoms with E-state index in [2.05, 4.69) is 4.98 Å². The molecule has 0 aliphatic carbocycles. The Balaban J connectivity index is 2.27. The zero-order valence-corrected chi connectivity index (χ0v) is 9.57. The Labute approximate surface area is 98.0 Å². The molecule has 2 rings (SSSR count). The molecule has 1 aromatic heterocycles. The first-order valence-corrected chi connectivity index (χ1v) is 5.59. The standard InChI is InChI=1S/C12H14F2N2O/c1-2-7-16(8-11(13)14)12-15-9-5-3-4-6-10(9)17-12/h3-6,11H,2,7-8H2,1H3. The molecule has 1 aromatic carbocycles. The number of nitrogens with zero attached hydrogens (tertiary/aromatic N) is 2. The van der Waals surface area contributed by atoms with E-state index < -0.39 is 6.43 Å². The van der Waals surface area contributed by atoms with Gasteiger partial charge in [0.15, 0.2) is 5.58 Å². The average molecular weight is 240 g/mol. The highest BCUT2D eigenvalue weighted by Gasteiger charge is 2.17. The van der Waals surface area contributed by atoms with Gasteiger partial charge in [0, 0.05) is 6.54 Å². The molecule has 0 saturated carbocycles. The molecule has 0 atom stereocenters. The maximum Gasteiger partial charge on any atom is 0.298 e. The van der Waals surface area contributed by atoms with Gasteiger partial charge in [-0.05, 0) is 18.6 Å². The van der Waals surface area contributed by atoms with Crippen LogP contribution >= 0.6 is 0 Å². The van der Waals surface area contributed by atoms with Crippen molar-refractivity contribution in [2.24, 2.45) is 0 Å². The Kier molecular flexibility index (Phi) is 3.56. The molecule has 0 unspecified atom stereocenters. The number of para-hydroxylation sites is 2. The Morgan fingerprint density at radius 2 is 2.12 bits per heavy atom. The molecule has 0 spiro atoms. The molecule has 2 aromatic rings. The third kappa shape index (κ3) is 2.72. The van der Waals surface area contributed by atoms with Crippen LogP contribution in [0.2, 0.25) is 0 Å². The largest absolute Gasteiger partial charge is 0.423 e. The lowest BCUT2D eigenvalue weighted by Gasteiger charge is -2.18. The van der Waals surface area contributed by atoms with Crippen LogP contribution in [-0.2, 0) is 0 Å². The fourth-order valence-corrected chi connectivity index (χ4v) is 1.70. The summed E-state index contributed by atoms with van der Waals surface area (Å²) in [7, 11) is 0. The molecule has 17 heavy (non-hydrogen) atoms. The van der Waals surface area contributed by atoms with Crippen molar-refractivity contribution in [2.45, 2.75) is 19.8 Å². The van der Waals surface area contributed by atoms with Crippen LogP contribution < -0.4 is 4.90 Å². The van der Waals surface area contributed by atoms with Crippen molar-refractivity contribution < 1.29 is 13.2 Å². The molecule has 1 heterocycles. The number of oxazole rings is 1. The predicted molar refractivity (Wildman–Crippen MR) is 62.5 cm³/mol. The number of alkyl halides is 2. The van der Waals surface area contributed by atoms with E-state index in [-0.39, 0.29) is 12.6 Å². The van der Waals surface area contributed by atoms with Gasteiger partial charge in [-0.1, -0.05) is 19.1 Å². The van der Waals surface area contributed by atoms with Crippen molar-refractivity contribution in [3.05, 3.63) is 24.3 Å². The molecule has 0 bridgehead atoms. The third-order valence-corrected chi connectivity index (χ3v) is 2.41. The van der Waals surface area contributed by atoms with Gasteiger partial charge in [0.1, 0.15) is 5.52 Å². The summed E-state index contributed by atoms with van der Waals surface area (Å²) in [6, 6.07) is 7.52. The van der Waals surface area contributed by atoms with Gasteiger partial charge in [-0.25, -0.2) is 8.78 Å². The third-order valence-electron chi connectivity index (χ3n) is 2.41. The Morgan fingerprint density at radius 1 is 1.35 bits per heavy atom. The highest BCUT2D eigenvalue weighted by molar-refractivity contribution is 5.74. The summed E-state index contributed by atoms with van der Waals surface area (Å²) in [6.07, 6.45) is -1.62. The first-order chi connectivity index (χ1) is 8.20. The molecule has 3 nitrogen and oxygen atoms in total. The zero-order chi connectivity index (χ0) is 12.3. The van der Waals surface area contributed by atoms with E-state index in [1.165, 1.54) is 4.90 Å². The van der Waals surface area contributed by atoms with Gasteiger partial charge in [0.25, 0.3) is 12.4 Å². The number of hydrogen-bond donors (Lipinski definition) is 0.